The van der Waals surface area contributed by atoms with E-state index in [2.05, 4.69) is 38.2 Å². The first-order valence-electron chi connectivity index (χ1n) is 10.4. The topological polar surface area (TPSA) is 79.4 Å². The van der Waals surface area contributed by atoms with E-state index in [0.29, 0.717) is 38.8 Å². The zero-order valence-electron chi connectivity index (χ0n) is 17.3. The monoisotopic (exact) mass is 446 g/mol. The molecule has 1 atom stereocenters. The second kappa shape index (κ2) is 8.51. The first-order chi connectivity index (χ1) is 15.6. The molecule has 0 spiro atoms. The number of nitrogens with zero attached hydrogens (tertiary/aromatic N) is 4. The molecule has 160 valence electrons. The van der Waals surface area contributed by atoms with Gasteiger partial charge in [0.25, 0.3) is 0 Å². The molecule has 0 bridgehead atoms. The first-order valence-corrected chi connectivity index (χ1v) is 10.8. The number of aromatic amines is 1. The molecule has 0 aliphatic carbocycles. The number of nitrogens with one attached hydrogen (secondary N) is 2. The standard InChI is InChI=1S/C24H20ClFN6/c1-2-5-19(31-24-22-23(28-12-27-22)29-13-30-24)17-11-15-7-4-9-18(25)21(15)32-20(17)14-6-3-8-16(26)10-14/h3-4,6-13,19H,2,5H2,1H3,(H2,27,28,29,30,31)/t19-/m0/s1. The summed E-state index contributed by atoms with van der Waals surface area (Å²) < 4.78 is 14.1. The summed E-state index contributed by atoms with van der Waals surface area (Å²) in [4.78, 5) is 20.9. The molecule has 0 saturated heterocycles. The zero-order chi connectivity index (χ0) is 22.1. The highest BCUT2D eigenvalue weighted by molar-refractivity contribution is 6.35. The maximum atomic E-state index is 14.1. The first kappa shape index (κ1) is 20.3. The van der Waals surface area contributed by atoms with Crippen molar-refractivity contribution in [3.05, 3.63) is 77.6 Å². The van der Waals surface area contributed by atoms with E-state index in [1.165, 1.54) is 18.5 Å². The largest absolute Gasteiger partial charge is 0.361 e. The lowest BCUT2D eigenvalue weighted by Gasteiger charge is -2.23. The van der Waals surface area contributed by atoms with Gasteiger partial charge in [0.2, 0.25) is 0 Å². The van der Waals surface area contributed by atoms with Crippen molar-refractivity contribution in [1.82, 2.24) is 24.9 Å². The van der Waals surface area contributed by atoms with Gasteiger partial charge < -0.3 is 10.3 Å². The lowest BCUT2D eigenvalue weighted by atomic mass is 9.95. The third-order valence-electron chi connectivity index (χ3n) is 5.41. The maximum Gasteiger partial charge on any atom is 0.162 e. The van der Waals surface area contributed by atoms with Crippen molar-refractivity contribution >= 4 is 39.5 Å². The smallest absolute Gasteiger partial charge is 0.162 e. The van der Waals surface area contributed by atoms with Gasteiger partial charge in [0.1, 0.15) is 17.7 Å². The highest BCUT2D eigenvalue weighted by Crippen LogP contribution is 2.36. The third-order valence-corrected chi connectivity index (χ3v) is 5.71. The molecule has 0 unspecified atom stereocenters. The van der Waals surface area contributed by atoms with Crippen LogP contribution in [0.1, 0.15) is 31.4 Å². The third kappa shape index (κ3) is 3.76. The number of imidazole rings is 1. The number of hydrogen-bond acceptors (Lipinski definition) is 5. The van der Waals surface area contributed by atoms with Crippen LogP contribution >= 0.6 is 11.6 Å². The van der Waals surface area contributed by atoms with Gasteiger partial charge in [-0.3, -0.25) is 0 Å². The van der Waals surface area contributed by atoms with Gasteiger partial charge in [-0.05, 0) is 30.7 Å². The van der Waals surface area contributed by atoms with E-state index in [9.17, 15) is 4.39 Å². The Balaban J connectivity index is 1.70. The fourth-order valence-electron chi connectivity index (χ4n) is 3.94. The molecule has 2 aromatic carbocycles. The number of anilines is 1. The molecular weight excluding hydrogens is 427 g/mol. The second-order valence-corrected chi connectivity index (χ2v) is 7.96. The van der Waals surface area contributed by atoms with Crippen LogP contribution in [0.25, 0.3) is 33.3 Å². The van der Waals surface area contributed by atoms with Gasteiger partial charge >= 0.3 is 0 Å². The van der Waals surface area contributed by atoms with Crippen molar-refractivity contribution in [2.45, 2.75) is 25.8 Å². The molecule has 0 aliphatic rings. The van der Waals surface area contributed by atoms with E-state index in [4.69, 9.17) is 16.6 Å². The van der Waals surface area contributed by atoms with Gasteiger partial charge in [-0.25, -0.2) is 24.3 Å². The van der Waals surface area contributed by atoms with Gasteiger partial charge in [-0.1, -0.05) is 49.2 Å². The summed E-state index contributed by atoms with van der Waals surface area (Å²) in [5.41, 5.74) is 4.32. The van der Waals surface area contributed by atoms with E-state index in [1.54, 1.807) is 12.4 Å². The van der Waals surface area contributed by atoms with Crippen LogP contribution < -0.4 is 5.32 Å². The van der Waals surface area contributed by atoms with Crippen LogP contribution in [-0.2, 0) is 0 Å². The Labute approximate surface area is 188 Å². The van der Waals surface area contributed by atoms with E-state index in [0.717, 1.165) is 23.8 Å². The van der Waals surface area contributed by atoms with Gasteiger partial charge in [0.15, 0.2) is 11.5 Å². The molecule has 0 fully saturated rings. The lowest BCUT2D eigenvalue weighted by Crippen LogP contribution is -2.14. The summed E-state index contributed by atoms with van der Waals surface area (Å²) in [6, 6.07) is 14.1. The van der Waals surface area contributed by atoms with Crippen LogP contribution in [0.15, 0.2) is 61.2 Å². The normalized spacial score (nSPS) is 12.3. The minimum atomic E-state index is -0.316. The number of fused-ring (bicyclic) bond motifs is 2. The van der Waals surface area contributed by atoms with Crippen molar-refractivity contribution in [3.8, 4) is 11.3 Å². The molecule has 5 aromatic rings. The Bertz CT molecular complexity index is 1420. The Kier molecular flexibility index (Phi) is 5.41. The van der Waals surface area contributed by atoms with Crippen molar-refractivity contribution < 1.29 is 4.39 Å². The van der Waals surface area contributed by atoms with Crippen molar-refractivity contribution in [2.75, 3.05) is 5.32 Å². The highest BCUT2D eigenvalue weighted by Gasteiger charge is 2.21. The highest BCUT2D eigenvalue weighted by atomic mass is 35.5. The molecule has 8 heteroatoms. The number of para-hydroxylation sites is 1. The summed E-state index contributed by atoms with van der Waals surface area (Å²) in [5.74, 6) is 0.314. The fourth-order valence-corrected chi connectivity index (χ4v) is 4.16. The molecule has 6 nitrogen and oxygen atoms in total. The number of rotatable bonds is 6. The Morgan fingerprint density at radius 1 is 1.06 bits per heavy atom. The number of H-pyrrole nitrogens is 1. The van der Waals surface area contributed by atoms with Crippen molar-refractivity contribution in [2.24, 2.45) is 0 Å². The number of pyridine rings is 1. The minimum Gasteiger partial charge on any atom is -0.361 e. The maximum absolute atomic E-state index is 14.1. The minimum absolute atomic E-state index is 0.135. The van der Waals surface area contributed by atoms with Gasteiger partial charge in [0.05, 0.1) is 28.6 Å². The van der Waals surface area contributed by atoms with Crippen LogP contribution in [0.4, 0.5) is 10.2 Å². The second-order valence-electron chi connectivity index (χ2n) is 7.56. The van der Waals surface area contributed by atoms with E-state index in [-0.39, 0.29) is 11.9 Å². The molecule has 32 heavy (non-hydrogen) atoms. The van der Waals surface area contributed by atoms with Crippen LogP contribution in [0.3, 0.4) is 0 Å². The fraction of sp³-hybridized carbons (Fsp3) is 0.167. The molecule has 0 amide bonds. The predicted octanol–water partition coefficient (Wildman–Crippen LogP) is 6.31. The van der Waals surface area contributed by atoms with Crippen LogP contribution in [0.5, 0.6) is 0 Å². The Morgan fingerprint density at radius 2 is 1.94 bits per heavy atom. The number of aromatic nitrogens is 5. The molecule has 5 rings (SSSR count). The lowest BCUT2D eigenvalue weighted by molar-refractivity contribution is 0.628. The quantitative estimate of drug-likeness (QED) is 0.319. The summed E-state index contributed by atoms with van der Waals surface area (Å²) in [5, 5.41) is 5.00. The molecule has 0 saturated carbocycles. The number of halogens is 2. The van der Waals surface area contributed by atoms with Gasteiger partial charge in [-0.2, -0.15) is 0 Å². The molecule has 0 aliphatic heterocycles. The average Bonchev–Trinajstić information content (AvgIpc) is 3.28. The Hall–Kier alpha value is -3.58. The molecule has 3 aromatic heterocycles. The van der Waals surface area contributed by atoms with Crippen molar-refractivity contribution in [1.29, 1.82) is 0 Å². The van der Waals surface area contributed by atoms with Crippen LogP contribution in [0, 0.1) is 5.82 Å². The molecule has 2 N–H and O–H groups in total. The number of hydrogen-bond donors (Lipinski definition) is 2. The Morgan fingerprint density at radius 3 is 2.78 bits per heavy atom. The summed E-state index contributed by atoms with van der Waals surface area (Å²) >= 11 is 6.44. The van der Waals surface area contributed by atoms with E-state index < -0.39 is 0 Å². The van der Waals surface area contributed by atoms with Crippen LogP contribution in [-0.4, -0.2) is 24.9 Å². The predicted molar refractivity (Wildman–Crippen MR) is 125 cm³/mol. The van der Waals surface area contributed by atoms with Gasteiger partial charge in [-0.15, -0.1) is 0 Å². The summed E-state index contributed by atoms with van der Waals surface area (Å²) in [7, 11) is 0. The van der Waals surface area contributed by atoms with E-state index in [1.807, 2.05) is 24.3 Å². The summed E-state index contributed by atoms with van der Waals surface area (Å²) in [6.07, 6.45) is 4.82. The molecular formula is C24H20ClFN6. The average molecular weight is 447 g/mol. The van der Waals surface area contributed by atoms with Crippen molar-refractivity contribution in [3.63, 3.8) is 0 Å². The molecule has 3 heterocycles. The summed E-state index contributed by atoms with van der Waals surface area (Å²) in [6.45, 7) is 2.12. The van der Waals surface area contributed by atoms with Gasteiger partial charge in [0, 0.05) is 16.5 Å². The SMILES string of the molecule is CCC[C@H](Nc1ncnc2[nH]cnc12)c1cc2cccc(Cl)c2nc1-c1cccc(F)c1. The zero-order valence-corrected chi connectivity index (χ0v) is 18.1. The molecule has 0 radical (unpaired) electrons. The van der Waals surface area contributed by atoms with Crippen LogP contribution in [0.2, 0.25) is 5.02 Å². The van der Waals surface area contributed by atoms with E-state index >= 15 is 0 Å². The number of benzene rings is 2.